The van der Waals surface area contributed by atoms with Crippen molar-refractivity contribution in [3.8, 4) is 6.07 Å². The third-order valence-corrected chi connectivity index (χ3v) is 7.07. The number of nitriles is 1. The summed E-state index contributed by atoms with van der Waals surface area (Å²) in [4.78, 5) is 27.9. The summed E-state index contributed by atoms with van der Waals surface area (Å²) in [5, 5.41) is 25.5. The van der Waals surface area contributed by atoms with Gasteiger partial charge in [-0.3, -0.25) is 4.90 Å². The molecule has 13 heteroatoms. The molecule has 0 fully saturated rings. The fourth-order valence-electron chi connectivity index (χ4n) is 5.20. The molecule has 0 bridgehead atoms. The molecule has 1 aromatic heterocycles. The van der Waals surface area contributed by atoms with E-state index in [4.69, 9.17) is 4.74 Å². The number of hydrogen-bond acceptors (Lipinski definition) is 7. The van der Waals surface area contributed by atoms with Crippen LogP contribution in [0.5, 0.6) is 0 Å². The van der Waals surface area contributed by atoms with E-state index >= 15 is 0 Å². The van der Waals surface area contributed by atoms with Crippen LogP contribution in [-0.2, 0) is 22.3 Å². The first kappa shape index (κ1) is 29.6. The predicted molar refractivity (Wildman–Crippen MR) is 143 cm³/mol. The maximum absolute atomic E-state index is 13.6. The Morgan fingerprint density at radius 2 is 1.98 bits per heavy atom. The van der Waals surface area contributed by atoms with Gasteiger partial charge < -0.3 is 14.3 Å². The average molecular weight is 572 g/mol. The quantitative estimate of drug-likeness (QED) is 0.313. The zero-order valence-corrected chi connectivity index (χ0v) is 23.0. The van der Waals surface area contributed by atoms with Crippen LogP contribution in [0.4, 0.5) is 24.8 Å². The Balaban J connectivity index is 1.99. The van der Waals surface area contributed by atoms with E-state index < -0.39 is 29.4 Å². The number of hydrogen-bond donors (Lipinski definition) is 2. The van der Waals surface area contributed by atoms with Crippen molar-refractivity contribution >= 4 is 17.6 Å². The second-order valence-corrected chi connectivity index (χ2v) is 10.4. The summed E-state index contributed by atoms with van der Waals surface area (Å²) in [6, 6.07) is 10.5. The number of anilines is 2. The number of aromatic amines is 1. The van der Waals surface area contributed by atoms with Crippen LogP contribution >= 0.6 is 0 Å². The van der Waals surface area contributed by atoms with Crippen molar-refractivity contribution in [2.24, 2.45) is 0 Å². The van der Waals surface area contributed by atoms with E-state index in [0.29, 0.717) is 40.7 Å². The van der Waals surface area contributed by atoms with Crippen LogP contribution < -0.4 is 10.6 Å². The number of H-pyrrole nitrogens is 1. The van der Waals surface area contributed by atoms with Crippen LogP contribution in [0.3, 0.4) is 0 Å². The highest BCUT2D eigenvalue weighted by Crippen LogP contribution is 2.43. The van der Waals surface area contributed by atoms with E-state index in [0.717, 1.165) is 12.1 Å². The van der Waals surface area contributed by atoms with Crippen LogP contribution in [0.15, 0.2) is 58.5 Å². The number of allylic oxidation sites excluding steroid dienone is 1. The number of methoxy groups -OCH3 is 1. The summed E-state index contributed by atoms with van der Waals surface area (Å²) in [7, 11) is 5.08. The van der Waals surface area contributed by atoms with E-state index in [1.807, 2.05) is 14.1 Å². The predicted octanol–water partition coefficient (Wildman–Crippen LogP) is 3.61. The van der Waals surface area contributed by atoms with Gasteiger partial charge in [-0.2, -0.15) is 18.4 Å². The lowest BCUT2D eigenvalue weighted by Gasteiger charge is -2.37. The number of halogens is 3. The van der Waals surface area contributed by atoms with Gasteiger partial charge >= 0.3 is 17.8 Å². The van der Waals surface area contributed by atoms with E-state index in [2.05, 4.69) is 16.3 Å². The monoisotopic (exact) mass is 571 g/mol. The van der Waals surface area contributed by atoms with Crippen LogP contribution in [0.1, 0.15) is 41.6 Å². The largest absolute Gasteiger partial charge is 0.466 e. The SMILES string of the molecule is COC(=O)C1=C(C)N(c2cccc(C(F)(F)F)c2)c2n[nH]c(=O)n2[C@@H]1c1ccc(C#N)cc1C[N+](C)(C)CCCO. The summed E-state index contributed by atoms with van der Waals surface area (Å²) in [6.45, 7) is 2.54. The van der Waals surface area contributed by atoms with Crippen molar-refractivity contribution in [3.05, 3.63) is 86.5 Å². The molecular weight excluding hydrogens is 541 g/mol. The normalized spacial score (nSPS) is 15.5. The number of aliphatic hydroxyl groups is 1. The highest BCUT2D eigenvalue weighted by Gasteiger charge is 2.41. The zero-order chi connectivity index (χ0) is 30.1. The minimum absolute atomic E-state index is 0.00294. The maximum Gasteiger partial charge on any atom is 0.416 e. The lowest BCUT2D eigenvalue weighted by atomic mass is 9.89. The molecule has 2 N–H and O–H groups in total. The van der Waals surface area contributed by atoms with Gasteiger partial charge in [-0.25, -0.2) is 19.3 Å². The number of nitrogens with one attached hydrogen (secondary N) is 1. The molecule has 0 saturated carbocycles. The van der Waals surface area contributed by atoms with Crippen LogP contribution in [0.25, 0.3) is 0 Å². The van der Waals surface area contributed by atoms with Gasteiger partial charge in [-0.05, 0) is 42.8 Å². The van der Waals surface area contributed by atoms with Crippen molar-refractivity contribution in [2.75, 3.05) is 39.3 Å². The molecule has 0 radical (unpaired) electrons. The number of aromatic nitrogens is 3. The van der Waals surface area contributed by atoms with Crippen molar-refractivity contribution in [1.29, 1.82) is 5.26 Å². The van der Waals surface area contributed by atoms with Crippen molar-refractivity contribution in [3.63, 3.8) is 0 Å². The second kappa shape index (κ2) is 11.2. The number of benzene rings is 2. The first-order valence-corrected chi connectivity index (χ1v) is 12.7. The number of nitrogens with zero attached hydrogens (tertiary/aromatic N) is 5. The number of fused-ring (bicyclic) bond motifs is 1. The number of quaternary nitrogens is 1. The summed E-state index contributed by atoms with van der Waals surface area (Å²) < 4.78 is 47.5. The smallest absolute Gasteiger partial charge is 0.416 e. The van der Waals surface area contributed by atoms with Crippen LogP contribution in [-0.4, -0.2) is 64.7 Å². The lowest BCUT2D eigenvalue weighted by Crippen LogP contribution is -2.41. The third-order valence-electron chi connectivity index (χ3n) is 7.07. The second-order valence-electron chi connectivity index (χ2n) is 10.4. The molecule has 3 aromatic rings. The molecular formula is C28H30F3N6O4+. The van der Waals surface area contributed by atoms with E-state index in [1.165, 1.54) is 28.7 Å². The molecule has 4 rings (SSSR count). The highest BCUT2D eigenvalue weighted by molar-refractivity contribution is 5.93. The fourth-order valence-corrected chi connectivity index (χ4v) is 5.20. The molecule has 41 heavy (non-hydrogen) atoms. The standard InChI is InChI=1S/C28H29F3N6O4/c1-17-23(25(39)41-4)24(22-10-9-18(15-32)13-19(22)16-37(2,3)11-6-12-38)36-26(33-34-27(36)40)35(17)21-8-5-7-20(14-21)28(29,30)31/h5,7-10,13-14,24,38H,6,11-12,16H2,1-4H3/p+1/t24-/m1/s1. The Hall–Kier alpha value is -4.41. The number of esters is 1. The average Bonchev–Trinajstić information content (AvgIpc) is 3.30. The van der Waals surface area contributed by atoms with Crippen molar-refractivity contribution in [1.82, 2.24) is 14.8 Å². The molecule has 216 valence electrons. The molecule has 1 aliphatic heterocycles. The van der Waals surface area contributed by atoms with Gasteiger partial charge in [0.25, 0.3) is 0 Å². The van der Waals surface area contributed by atoms with Gasteiger partial charge in [-0.15, -0.1) is 5.10 Å². The van der Waals surface area contributed by atoms with Crippen molar-refractivity contribution < 1.29 is 32.3 Å². The van der Waals surface area contributed by atoms with Gasteiger partial charge in [0, 0.05) is 30.0 Å². The lowest BCUT2D eigenvalue weighted by molar-refractivity contribution is -0.903. The van der Waals surface area contributed by atoms with Gasteiger partial charge in [0.1, 0.15) is 12.6 Å². The van der Waals surface area contributed by atoms with Gasteiger partial charge in [-0.1, -0.05) is 12.1 Å². The topological polar surface area (TPSA) is 124 Å². The summed E-state index contributed by atoms with van der Waals surface area (Å²) in [6.07, 6.45) is -4.09. The first-order chi connectivity index (χ1) is 19.3. The highest BCUT2D eigenvalue weighted by atomic mass is 19.4. The van der Waals surface area contributed by atoms with E-state index in [9.17, 15) is 33.1 Å². The third kappa shape index (κ3) is 5.75. The van der Waals surface area contributed by atoms with Gasteiger partial charge in [0.15, 0.2) is 0 Å². The number of alkyl halides is 3. The first-order valence-electron chi connectivity index (χ1n) is 12.7. The molecule has 0 unspecified atom stereocenters. The number of aliphatic hydroxyl groups excluding tert-OH is 1. The number of carbonyl (C=O) groups is 1. The number of carbonyl (C=O) groups excluding carboxylic acids is 1. The van der Waals surface area contributed by atoms with Crippen LogP contribution in [0.2, 0.25) is 0 Å². The maximum atomic E-state index is 13.6. The minimum Gasteiger partial charge on any atom is -0.466 e. The molecule has 1 atom stereocenters. The number of ether oxygens (including phenoxy) is 1. The molecule has 0 spiro atoms. The number of rotatable bonds is 8. The molecule has 0 amide bonds. The Morgan fingerprint density at radius 1 is 1.24 bits per heavy atom. The van der Waals surface area contributed by atoms with E-state index in [-0.39, 0.29) is 29.5 Å². The molecule has 0 saturated heterocycles. The van der Waals surface area contributed by atoms with Gasteiger partial charge in [0.2, 0.25) is 5.95 Å². The van der Waals surface area contributed by atoms with Crippen LogP contribution in [0, 0.1) is 11.3 Å². The Kier molecular flexibility index (Phi) is 8.10. The minimum atomic E-state index is -4.62. The molecule has 1 aliphatic rings. The molecule has 2 aromatic carbocycles. The van der Waals surface area contributed by atoms with Crippen molar-refractivity contribution in [2.45, 2.75) is 32.1 Å². The Labute approximate surface area is 234 Å². The fraction of sp³-hybridized carbons (Fsp3) is 0.357. The Morgan fingerprint density at radius 3 is 2.61 bits per heavy atom. The molecule has 10 nitrogen and oxygen atoms in total. The molecule has 0 aliphatic carbocycles. The summed E-state index contributed by atoms with van der Waals surface area (Å²) >= 11 is 0. The van der Waals surface area contributed by atoms with E-state index in [1.54, 1.807) is 25.1 Å². The zero-order valence-electron chi connectivity index (χ0n) is 23.0. The summed E-state index contributed by atoms with van der Waals surface area (Å²) in [5.74, 6) is -0.804. The Bertz CT molecular complexity index is 1600. The van der Waals surface area contributed by atoms with Gasteiger partial charge in [0.05, 0.1) is 50.5 Å². The summed E-state index contributed by atoms with van der Waals surface area (Å²) in [5.41, 5.74) is 0.229. The molecule has 2 heterocycles.